The van der Waals surface area contributed by atoms with Gasteiger partial charge in [0.05, 0.1) is 18.4 Å². The van der Waals surface area contributed by atoms with Gasteiger partial charge in [0, 0.05) is 5.92 Å². The molecule has 0 aromatic heterocycles. The smallest absolute Gasteiger partial charge is 0.237 e. The Kier molecular flexibility index (Phi) is 2.96. The molecule has 0 N–H and O–H groups in total. The number of hydrogen-bond acceptors (Lipinski definition) is 3. The van der Waals surface area contributed by atoms with Crippen LogP contribution in [0.15, 0.2) is 24.3 Å². The molecular weight excluding hydrogens is 218 g/mol. The molecule has 1 saturated heterocycles. The van der Waals surface area contributed by atoms with Gasteiger partial charge in [-0.05, 0) is 0 Å². The van der Waals surface area contributed by atoms with Crippen LogP contribution in [0.1, 0.15) is 13.8 Å². The van der Waals surface area contributed by atoms with Crippen LogP contribution >= 0.6 is 0 Å². The lowest BCUT2D eigenvalue weighted by Crippen LogP contribution is -2.37. The molecule has 0 spiro atoms. The molecule has 2 amide bonds. The van der Waals surface area contributed by atoms with Gasteiger partial charge in [0.2, 0.25) is 11.8 Å². The molecule has 2 unspecified atom stereocenters. The van der Waals surface area contributed by atoms with Gasteiger partial charge >= 0.3 is 0 Å². The summed E-state index contributed by atoms with van der Waals surface area (Å²) in [5.41, 5.74) is 0. The maximum Gasteiger partial charge on any atom is 0.237 e. The van der Waals surface area contributed by atoms with Crippen LogP contribution in [0.25, 0.3) is 0 Å². The number of likely N-dealkylation sites (tertiary alicyclic amines) is 1. The van der Waals surface area contributed by atoms with Gasteiger partial charge in [0.15, 0.2) is 5.78 Å². The fraction of sp³-hybridized carbons (Fsp3) is 0.462. The largest absolute Gasteiger partial charge is 0.297 e. The number of hydrogen-bond donors (Lipinski definition) is 0. The molecule has 4 heteroatoms. The third-order valence-electron chi connectivity index (χ3n) is 3.20. The van der Waals surface area contributed by atoms with Crippen molar-refractivity contribution in [2.75, 3.05) is 6.54 Å². The number of carbonyl (C=O) groups is 3. The van der Waals surface area contributed by atoms with Gasteiger partial charge in [-0.2, -0.15) is 0 Å². The molecule has 0 aromatic carbocycles. The summed E-state index contributed by atoms with van der Waals surface area (Å²) < 4.78 is 0. The highest BCUT2D eigenvalue weighted by molar-refractivity contribution is 6.09. The van der Waals surface area contributed by atoms with Crippen molar-refractivity contribution in [1.82, 2.24) is 4.90 Å². The Hall–Kier alpha value is -1.71. The van der Waals surface area contributed by atoms with Crippen molar-refractivity contribution >= 4 is 17.6 Å². The van der Waals surface area contributed by atoms with Crippen LogP contribution in [0, 0.1) is 17.8 Å². The van der Waals surface area contributed by atoms with E-state index in [2.05, 4.69) is 0 Å². The average molecular weight is 233 g/mol. The molecule has 0 saturated carbocycles. The van der Waals surface area contributed by atoms with Crippen molar-refractivity contribution in [2.45, 2.75) is 13.8 Å². The maximum atomic E-state index is 12.0. The lowest BCUT2D eigenvalue weighted by molar-refractivity contribution is -0.143. The second-order valence-corrected chi connectivity index (χ2v) is 4.71. The van der Waals surface area contributed by atoms with Crippen LogP contribution in [-0.2, 0) is 14.4 Å². The third-order valence-corrected chi connectivity index (χ3v) is 3.20. The molecule has 17 heavy (non-hydrogen) atoms. The fourth-order valence-electron chi connectivity index (χ4n) is 2.04. The van der Waals surface area contributed by atoms with E-state index in [4.69, 9.17) is 0 Å². The van der Waals surface area contributed by atoms with E-state index in [1.807, 2.05) is 0 Å². The van der Waals surface area contributed by atoms with Crippen LogP contribution in [0.4, 0.5) is 0 Å². The van der Waals surface area contributed by atoms with Crippen LogP contribution in [0.5, 0.6) is 0 Å². The summed E-state index contributed by atoms with van der Waals surface area (Å²) in [6.07, 6.45) is 6.98. The zero-order chi connectivity index (χ0) is 12.6. The van der Waals surface area contributed by atoms with Gasteiger partial charge in [0.1, 0.15) is 0 Å². The standard InChI is InChI=1S/C13H15NO3/c1-8(2)11(15)7-14-12(16)9-5-3-4-6-10(9)13(14)17/h3-6,8-10H,7H2,1-2H3. The molecule has 2 aliphatic rings. The number of allylic oxidation sites excluding steroid dienone is 2. The normalized spacial score (nSPS) is 26.9. The maximum absolute atomic E-state index is 12.0. The molecule has 2 atom stereocenters. The first kappa shape index (κ1) is 11.8. The van der Waals surface area contributed by atoms with E-state index in [1.165, 1.54) is 0 Å². The number of imide groups is 1. The van der Waals surface area contributed by atoms with Crippen molar-refractivity contribution in [2.24, 2.45) is 17.8 Å². The highest BCUT2D eigenvalue weighted by Crippen LogP contribution is 2.30. The average Bonchev–Trinajstić information content (AvgIpc) is 2.55. The van der Waals surface area contributed by atoms with E-state index >= 15 is 0 Å². The van der Waals surface area contributed by atoms with Crippen LogP contribution < -0.4 is 0 Å². The summed E-state index contributed by atoms with van der Waals surface area (Å²) in [6.45, 7) is 3.43. The fourth-order valence-corrected chi connectivity index (χ4v) is 2.04. The Bertz CT molecular complexity index is 404. The Morgan fingerprint density at radius 3 is 2.06 bits per heavy atom. The number of fused-ring (bicyclic) bond motifs is 1. The minimum Gasteiger partial charge on any atom is -0.297 e. The van der Waals surface area contributed by atoms with Gasteiger partial charge in [-0.15, -0.1) is 0 Å². The predicted octanol–water partition coefficient (Wildman–Crippen LogP) is 0.939. The monoisotopic (exact) mass is 233 g/mol. The lowest BCUT2D eigenvalue weighted by Gasteiger charge is -2.14. The SMILES string of the molecule is CC(C)C(=O)CN1C(=O)C2C=CC=CC2C1=O. The first-order valence-electron chi connectivity index (χ1n) is 5.75. The Labute approximate surface area is 100.0 Å². The molecule has 1 heterocycles. The van der Waals surface area contributed by atoms with E-state index in [1.54, 1.807) is 38.2 Å². The van der Waals surface area contributed by atoms with E-state index < -0.39 is 11.8 Å². The quantitative estimate of drug-likeness (QED) is 0.682. The van der Waals surface area contributed by atoms with Crippen molar-refractivity contribution < 1.29 is 14.4 Å². The molecule has 0 bridgehead atoms. The van der Waals surface area contributed by atoms with Crippen LogP contribution in [0.3, 0.4) is 0 Å². The number of ketones is 1. The zero-order valence-corrected chi connectivity index (χ0v) is 9.92. The Morgan fingerprint density at radius 2 is 1.65 bits per heavy atom. The van der Waals surface area contributed by atoms with Gasteiger partial charge < -0.3 is 0 Å². The van der Waals surface area contributed by atoms with E-state index in [-0.39, 0.29) is 30.1 Å². The molecule has 1 aliphatic carbocycles. The first-order chi connectivity index (χ1) is 8.02. The zero-order valence-electron chi connectivity index (χ0n) is 9.92. The summed E-state index contributed by atoms with van der Waals surface area (Å²) in [5, 5.41) is 0. The Morgan fingerprint density at radius 1 is 1.18 bits per heavy atom. The van der Waals surface area contributed by atoms with Crippen molar-refractivity contribution in [3.05, 3.63) is 24.3 Å². The van der Waals surface area contributed by atoms with Gasteiger partial charge in [-0.25, -0.2) is 0 Å². The summed E-state index contributed by atoms with van der Waals surface area (Å²) in [5.74, 6) is -1.58. The van der Waals surface area contributed by atoms with Gasteiger partial charge in [-0.3, -0.25) is 19.3 Å². The van der Waals surface area contributed by atoms with Gasteiger partial charge in [-0.1, -0.05) is 38.2 Å². The molecule has 2 rings (SSSR count). The summed E-state index contributed by atoms with van der Waals surface area (Å²) in [7, 11) is 0. The van der Waals surface area contributed by atoms with Crippen molar-refractivity contribution in [1.29, 1.82) is 0 Å². The second-order valence-electron chi connectivity index (χ2n) is 4.71. The summed E-state index contributed by atoms with van der Waals surface area (Å²) >= 11 is 0. The lowest BCUT2D eigenvalue weighted by atomic mass is 9.91. The van der Waals surface area contributed by atoms with E-state index in [9.17, 15) is 14.4 Å². The molecular formula is C13H15NO3. The number of amides is 2. The van der Waals surface area contributed by atoms with Crippen LogP contribution in [-0.4, -0.2) is 29.0 Å². The molecule has 4 nitrogen and oxygen atoms in total. The molecule has 90 valence electrons. The molecule has 0 radical (unpaired) electrons. The van der Waals surface area contributed by atoms with Crippen molar-refractivity contribution in [3.8, 4) is 0 Å². The van der Waals surface area contributed by atoms with E-state index in [0.29, 0.717) is 0 Å². The second kappa shape index (κ2) is 4.28. The number of Topliss-reactive ketones (excluding diaryl/α,β-unsaturated/α-hetero) is 1. The number of rotatable bonds is 3. The highest BCUT2D eigenvalue weighted by Gasteiger charge is 2.46. The number of nitrogens with zero attached hydrogens (tertiary/aromatic N) is 1. The predicted molar refractivity (Wildman–Crippen MR) is 61.8 cm³/mol. The molecule has 1 aliphatic heterocycles. The van der Waals surface area contributed by atoms with Gasteiger partial charge in [0.25, 0.3) is 0 Å². The minimum absolute atomic E-state index is 0.0849. The van der Waals surface area contributed by atoms with Crippen LogP contribution in [0.2, 0.25) is 0 Å². The number of carbonyl (C=O) groups excluding carboxylic acids is 3. The summed E-state index contributed by atoms with van der Waals surface area (Å²) in [4.78, 5) is 36.7. The topological polar surface area (TPSA) is 54.5 Å². The minimum atomic E-state index is -0.410. The Balaban J connectivity index is 2.17. The molecule has 0 aromatic rings. The summed E-state index contributed by atoms with van der Waals surface area (Å²) in [6, 6.07) is 0. The molecule has 1 fully saturated rings. The first-order valence-corrected chi connectivity index (χ1v) is 5.75. The third kappa shape index (κ3) is 1.95. The van der Waals surface area contributed by atoms with E-state index in [0.717, 1.165) is 4.90 Å². The highest BCUT2D eigenvalue weighted by atomic mass is 16.2. The van der Waals surface area contributed by atoms with Crippen molar-refractivity contribution in [3.63, 3.8) is 0 Å².